The van der Waals surface area contributed by atoms with Crippen molar-refractivity contribution in [2.24, 2.45) is 34.5 Å². The highest BCUT2D eigenvalue weighted by Crippen LogP contribution is 2.68. The molecule has 0 aromatic heterocycles. The molecule has 0 aromatic carbocycles. The summed E-state index contributed by atoms with van der Waals surface area (Å²) in [5, 5.41) is 0. The van der Waals surface area contributed by atoms with Crippen molar-refractivity contribution >= 4 is 0 Å². The van der Waals surface area contributed by atoms with E-state index in [-0.39, 0.29) is 5.41 Å². The summed E-state index contributed by atoms with van der Waals surface area (Å²) in [4.78, 5) is 22.4. The predicted molar refractivity (Wildman–Crippen MR) is 109 cm³/mol. The molecule has 4 rings (SSSR count). The van der Waals surface area contributed by atoms with Crippen LogP contribution >= 0.6 is 0 Å². The van der Waals surface area contributed by atoms with Gasteiger partial charge in [0.05, 0.1) is 13.2 Å². The van der Waals surface area contributed by atoms with Crippen molar-refractivity contribution < 1.29 is 19.6 Å². The molecule has 0 N–H and O–H groups in total. The Morgan fingerprint density at radius 1 is 0.929 bits per heavy atom. The maximum Gasteiger partial charge on any atom is 0.230 e. The van der Waals surface area contributed by atoms with Crippen LogP contribution < -0.4 is 0 Å². The molecule has 4 saturated carbocycles. The van der Waals surface area contributed by atoms with Crippen LogP contribution in [0, 0.1) is 34.5 Å². The van der Waals surface area contributed by atoms with Gasteiger partial charge in [-0.15, -0.1) is 0 Å². The lowest BCUT2D eigenvalue weighted by atomic mass is 9.44. The third-order valence-corrected chi connectivity index (χ3v) is 8.96. The van der Waals surface area contributed by atoms with Crippen LogP contribution in [0.5, 0.6) is 0 Å². The molecule has 1 unspecified atom stereocenters. The van der Waals surface area contributed by atoms with Crippen molar-refractivity contribution in [1.29, 1.82) is 0 Å². The maximum absolute atomic E-state index is 5.81. The van der Waals surface area contributed by atoms with Gasteiger partial charge in [0.15, 0.2) is 0 Å². The van der Waals surface area contributed by atoms with Crippen LogP contribution in [0.4, 0.5) is 0 Å². The SMILES string of the molecule is C=C1C[C@H]2[C@@H]3CCC[C@@]3(C(OOCC)OOCC)CC[C@@H]2[C@@]2(C)CCCCC12. The summed E-state index contributed by atoms with van der Waals surface area (Å²) < 4.78 is 0. The van der Waals surface area contributed by atoms with E-state index in [2.05, 4.69) is 13.5 Å². The fourth-order valence-electron chi connectivity index (χ4n) is 7.89. The fourth-order valence-corrected chi connectivity index (χ4v) is 7.89. The van der Waals surface area contributed by atoms with E-state index in [0.717, 1.165) is 18.3 Å². The minimum atomic E-state index is -0.425. The second-order valence-electron chi connectivity index (χ2n) is 10.0. The van der Waals surface area contributed by atoms with Crippen LogP contribution in [0.1, 0.15) is 85.0 Å². The molecule has 0 saturated heterocycles. The monoisotopic (exact) mass is 392 g/mol. The molecule has 0 radical (unpaired) electrons. The minimum absolute atomic E-state index is 0.0175. The van der Waals surface area contributed by atoms with Gasteiger partial charge in [0, 0.05) is 5.41 Å². The molecule has 0 aliphatic heterocycles. The van der Waals surface area contributed by atoms with Crippen molar-refractivity contribution in [3.63, 3.8) is 0 Å². The molecule has 6 atom stereocenters. The van der Waals surface area contributed by atoms with Gasteiger partial charge in [-0.3, -0.25) is 0 Å². The molecule has 0 aromatic rings. The predicted octanol–water partition coefficient (Wildman–Crippen LogP) is 6.22. The third-order valence-electron chi connectivity index (χ3n) is 8.96. The minimum Gasteiger partial charge on any atom is -0.234 e. The Labute approximate surface area is 171 Å². The molecule has 28 heavy (non-hydrogen) atoms. The van der Waals surface area contributed by atoms with Crippen LogP contribution in [-0.2, 0) is 19.6 Å². The highest BCUT2D eigenvalue weighted by Gasteiger charge is 2.62. The summed E-state index contributed by atoms with van der Waals surface area (Å²) in [6, 6.07) is 0. The molecule has 0 bridgehead atoms. The fraction of sp³-hybridized carbons (Fsp3) is 0.917. The van der Waals surface area contributed by atoms with Crippen molar-refractivity contribution in [2.45, 2.75) is 91.3 Å². The lowest BCUT2D eigenvalue weighted by Gasteiger charge is -2.61. The van der Waals surface area contributed by atoms with Crippen LogP contribution in [0.2, 0.25) is 0 Å². The Morgan fingerprint density at radius 2 is 1.68 bits per heavy atom. The average molecular weight is 393 g/mol. The van der Waals surface area contributed by atoms with E-state index >= 15 is 0 Å². The Balaban J connectivity index is 1.61. The van der Waals surface area contributed by atoms with Crippen molar-refractivity contribution in [2.75, 3.05) is 13.2 Å². The van der Waals surface area contributed by atoms with Gasteiger partial charge in [-0.1, -0.05) is 38.3 Å². The quantitative estimate of drug-likeness (QED) is 0.223. The first-order chi connectivity index (χ1) is 13.6. The van der Waals surface area contributed by atoms with Crippen LogP contribution in [0.3, 0.4) is 0 Å². The zero-order chi connectivity index (χ0) is 19.8. The van der Waals surface area contributed by atoms with Gasteiger partial charge < -0.3 is 0 Å². The third kappa shape index (κ3) is 3.29. The van der Waals surface area contributed by atoms with E-state index in [4.69, 9.17) is 19.6 Å². The van der Waals surface area contributed by atoms with E-state index < -0.39 is 6.29 Å². The largest absolute Gasteiger partial charge is 0.234 e. The van der Waals surface area contributed by atoms with E-state index in [1.54, 1.807) is 0 Å². The normalized spacial score (nSPS) is 42.9. The molecule has 160 valence electrons. The first kappa shape index (κ1) is 20.8. The summed E-state index contributed by atoms with van der Waals surface area (Å²) in [6.45, 7) is 12.1. The van der Waals surface area contributed by atoms with Crippen LogP contribution in [0.25, 0.3) is 0 Å². The van der Waals surface area contributed by atoms with Gasteiger partial charge in [-0.05, 0) is 87.9 Å². The first-order valence-corrected chi connectivity index (χ1v) is 11.8. The van der Waals surface area contributed by atoms with E-state index in [1.165, 1.54) is 63.4 Å². The average Bonchev–Trinajstić information content (AvgIpc) is 3.13. The van der Waals surface area contributed by atoms with E-state index in [1.807, 2.05) is 13.8 Å². The second kappa shape index (κ2) is 8.37. The number of rotatable bonds is 7. The zero-order valence-electron chi connectivity index (χ0n) is 18.2. The highest BCUT2D eigenvalue weighted by atomic mass is 17.3. The Hall–Kier alpha value is -0.420. The second-order valence-corrected chi connectivity index (χ2v) is 10.0. The molecule has 0 heterocycles. The molecule has 4 nitrogen and oxygen atoms in total. The molecule has 0 amide bonds. The lowest BCUT2D eigenvalue weighted by Crippen LogP contribution is -2.56. The Morgan fingerprint density at radius 3 is 2.39 bits per heavy atom. The van der Waals surface area contributed by atoms with Crippen LogP contribution in [-0.4, -0.2) is 19.5 Å². The first-order valence-electron chi connectivity index (χ1n) is 11.8. The highest BCUT2D eigenvalue weighted by molar-refractivity contribution is 5.19. The van der Waals surface area contributed by atoms with Gasteiger partial charge in [0.25, 0.3) is 0 Å². The zero-order valence-corrected chi connectivity index (χ0v) is 18.2. The summed E-state index contributed by atoms with van der Waals surface area (Å²) in [7, 11) is 0. The molecular formula is C24H40O4. The van der Waals surface area contributed by atoms with Gasteiger partial charge in [-0.2, -0.15) is 0 Å². The molecule has 4 heteroatoms. The summed E-state index contributed by atoms with van der Waals surface area (Å²) in [6.07, 6.45) is 12.4. The molecule has 4 fully saturated rings. The molecule has 4 aliphatic rings. The van der Waals surface area contributed by atoms with Crippen molar-refractivity contribution in [3.05, 3.63) is 12.2 Å². The maximum atomic E-state index is 5.81. The standard InChI is InChI=1S/C24H40O4/c1-5-25-27-22(28-26-6-2)24-14-9-11-21(24)18-16-17(3)19-10-7-8-13-23(19,4)20(18)12-15-24/h18-22H,3,5-16H2,1-2,4H3/t18-,19?,20+,21+,23+,24-/m1/s1. The summed E-state index contributed by atoms with van der Waals surface area (Å²) in [5.74, 6) is 2.89. The summed E-state index contributed by atoms with van der Waals surface area (Å²) >= 11 is 0. The van der Waals surface area contributed by atoms with Gasteiger partial charge in [0.2, 0.25) is 6.29 Å². The molecule has 4 aliphatic carbocycles. The van der Waals surface area contributed by atoms with Gasteiger partial charge in [0.1, 0.15) is 0 Å². The van der Waals surface area contributed by atoms with Gasteiger partial charge in [-0.25, -0.2) is 19.6 Å². The van der Waals surface area contributed by atoms with E-state index in [9.17, 15) is 0 Å². The van der Waals surface area contributed by atoms with E-state index in [0.29, 0.717) is 30.5 Å². The Kier molecular flexibility index (Phi) is 6.23. The van der Waals surface area contributed by atoms with Crippen molar-refractivity contribution in [1.82, 2.24) is 0 Å². The molecule has 0 spiro atoms. The van der Waals surface area contributed by atoms with Crippen LogP contribution in [0.15, 0.2) is 12.2 Å². The Bertz CT molecular complexity index is 555. The van der Waals surface area contributed by atoms with Gasteiger partial charge >= 0.3 is 0 Å². The molecular weight excluding hydrogens is 352 g/mol. The van der Waals surface area contributed by atoms with Crippen molar-refractivity contribution in [3.8, 4) is 0 Å². The number of fused-ring (bicyclic) bond motifs is 5. The summed E-state index contributed by atoms with van der Waals surface area (Å²) in [5.41, 5.74) is 1.99. The number of allylic oxidation sites excluding steroid dienone is 1. The number of hydrogen-bond acceptors (Lipinski definition) is 4. The topological polar surface area (TPSA) is 36.9 Å². The number of hydrogen-bond donors (Lipinski definition) is 0. The lowest BCUT2D eigenvalue weighted by molar-refractivity contribution is -0.488. The smallest absolute Gasteiger partial charge is 0.230 e.